The van der Waals surface area contributed by atoms with E-state index in [4.69, 9.17) is 4.74 Å². The van der Waals surface area contributed by atoms with Crippen molar-refractivity contribution >= 4 is 17.7 Å². The molecular formula is C20H25N3O2S. The minimum Gasteiger partial charge on any atom is -0.376 e. The van der Waals surface area contributed by atoms with E-state index in [1.54, 1.807) is 11.8 Å². The highest BCUT2D eigenvalue weighted by Crippen LogP contribution is 2.32. The molecule has 1 aromatic heterocycles. The highest BCUT2D eigenvalue weighted by Gasteiger charge is 2.26. The van der Waals surface area contributed by atoms with Crippen molar-refractivity contribution in [2.45, 2.75) is 55.2 Å². The first kappa shape index (κ1) is 17.6. The summed E-state index contributed by atoms with van der Waals surface area (Å²) in [5.74, 6) is 0.139. The third-order valence-corrected chi connectivity index (χ3v) is 6.30. The largest absolute Gasteiger partial charge is 0.376 e. The molecule has 0 unspecified atom stereocenters. The molecule has 1 amide bonds. The van der Waals surface area contributed by atoms with Gasteiger partial charge in [0.1, 0.15) is 0 Å². The quantitative estimate of drug-likeness (QED) is 0.874. The Balaban J connectivity index is 1.62. The zero-order valence-electron chi connectivity index (χ0n) is 14.9. The van der Waals surface area contributed by atoms with Crippen molar-refractivity contribution in [1.82, 2.24) is 14.9 Å². The lowest BCUT2D eigenvalue weighted by Gasteiger charge is -2.18. The lowest BCUT2D eigenvalue weighted by molar-refractivity contribution is -0.120. The Bertz CT molecular complexity index is 741. The Morgan fingerprint density at radius 1 is 1.19 bits per heavy atom. The van der Waals surface area contributed by atoms with Gasteiger partial charge in [0, 0.05) is 13.2 Å². The molecular weight excluding hydrogens is 346 g/mol. The van der Waals surface area contributed by atoms with E-state index < -0.39 is 0 Å². The Morgan fingerprint density at radius 3 is 2.88 bits per heavy atom. The number of hydrogen-bond acceptors (Lipinski definition) is 4. The molecule has 0 aliphatic carbocycles. The molecule has 0 radical (unpaired) electrons. The van der Waals surface area contributed by atoms with Gasteiger partial charge in [-0.15, -0.1) is 0 Å². The van der Waals surface area contributed by atoms with Crippen molar-refractivity contribution in [3.8, 4) is 11.3 Å². The number of rotatable bonds is 5. The molecule has 6 heteroatoms. The number of nitrogens with zero attached hydrogens (tertiary/aromatic N) is 2. The van der Waals surface area contributed by atoms with Crippen LogP contribution >= 0.6 is 11.8 Å². The molecule has 2 fully saturated rings. The van der Waals surface area contributed by atoms with Crippen LogP contribution in [0.5, 0.6) is 0 Å². The third kappa shape index (κ3) is 3.96. The molecule has 4 rings (SSSR count). The molecule has 1 N–H and O–H groups in total. The van der Waals surface area contributed by atoms with Gasteiger partial charge in [-0.05, 0) is 31.2 Å². The Kier molecular flexibility index (Phi) is 5.60. The van der Waals surface area contributed by atoms with Gasteiger partial charge in [-0.25, -0.2) is 4.98 Å². The Hall–Kier alpha value is -1.79. The summed E-state index contributed by atoms with van der Waals surface area (Å²) in [6, 6.07) is 10.3. The molecule has 138 valence electrons. The van der Waals surface area contributed by atoms with Crippen molar-refractivity contribution in [3.63, 3.8) is 0 Å². The molecule has 0 bridgehead atoms. The van der Waals surface area contributed by atoms with Crippen LogP contribution in [-0.2, 0) is 16.1 Å². The van der Waals surface area contributed by atoms with Crippen molar-refractivity contribution in [2.75, 3.05) is 13.2 Å². The van der Waals surface area contributed by atoms with Crippen LogP contribution in [0, 0.1) is 0 Å². The molecule has 0 spiro atoms. The molecule has 2 aliphatic rings. The van der Waals surface area contributed by atoms with Gasteiger partial charge in [-0.2, -0.15) is 0 Å². The van der Waals surface area contributed by atoms with Gasteiger partial charge >= 0.3 is 0 Å². The summed E-state index contributed by atoms with van der Waals surface area (Å²) in [6.45, 7) is 2.42. The van der Waals surface area contributed by atoms with Gasteiger partial charge in [0.15, 0.2) is 5.16 Å². The van der Waals surface area contributed by atoms with Gasteiger partial charge < -0.3 is 14.6 Å². The summed E-state index contributed by atoms with van der Waals surface area (Å²) in [6.07, 6.45) is 7.41. The number of nitrogens with one attached hydrogen (secondary N) is 1. The van der Waals surface area contributed by atoms with Gasteiger partial charge in [0.05, 0.1) is 29.8 Å². The van der Waals surface area contributed by atoms with Gasteiger partial charge in [-0.1, -0.05) is 48.5 Å². The Morgan fingerprint density at radius 2 is 2.08 bits per heavy atom. The van der Waals surface area contributed by atoms with Crippen LogP contribution < -0.4 is 5.32 Å². The topological polar surface area (TPSA) is 56.2 Å². The lowest BCUT2D eigenvalue weighted by atomic mass is 10.1. The summed E-state index contributed by atoms with van der Waals surface area (Å²) in [7, 11) is 0. The zero-order valence-corrected chi connectivity index (χ0v) is 15.7. The second-order valence-corrected chi connectivity index (χ2v) is 8.10. The number of imidazole rings is 1. The van der Waals surface area contributed by atoms with E-state index in [9.17, 15) is 4.79 Å². The van der Waals surface area contributed by atoms with E-state index >= 15 is 0 Å². The average molecular weight is 372 g/mol. The molecule has 26 heavy (non-hydrogen) atoms. The maximum absolute atomic E-state index is 12.4. The first-order chi connectivity index (χ1) is 12.8. The zero-order chi connectivity index (χ0) is 17.8. The van der Waals surface area contributed by atoms with Crippen LogP contribution in [-0.4, -0.2) is 40.0 Å². The van der Waals surface area contributed by atoms with Crippen LogP contribution in [0.4, 0.5) is 0 Å². The number of aromatic nitrogens is 2. The average Bonchev–Trinajstić information content (AvgIpc) is 3.27. The van der Waals surface area contributed by atoms with E-state index in [0.29, 0.717) is 0 Å². The molecule has 3 heterocycles. The van der Waals surface area contributed by atoms with E-state index in [2.05, 4.69) is 27.0 Å². The first-order valence-electron chi connectivity index (χ1n) is 9.48. The maximum atomic E-state index is 12.4. The van der Waals surface area contributed by atoms with E-state index in [0.717, 1.165) is 68.2 Å². The van der Waals surface area contributed by atoms with E-state index in [1.165, 1.54) is 0 Å². The van der Waals surface area contributed by atoms with Crippen LogP contribution in [0.3, 0.4) is 0 Å². The summed E-state index contributed by atoms with van der Waals surface area (Å²) < 4.78 is 8.11. The molecule has 0 saturated carbocycles. The number of ether oxygens (including phenoxy) is 1. The third-order valence-electron chi connectivity index (χ3n) is 5.03. The van der Waals surface area contributed by atoms with Gasteiger partial charge in [0.25, 0.3) is 0 Å². The van der Waals surface area contributed by atoms with E-state index in [-0.39, 0.29) is 17.3 Å². The minimum absolute atomic E-state index is 0.0632. The fraction of sp³-hybridized carbons (Fsp3) is 0.500. The van der Waals surface area contributed by atoms with Crippen LogP contribution in [0.15, 0.2) is 41.7 Å². The van der Waals surface area contributed by atoms with Crippen molar-refractivity contribution < 1.29 is 9.53 Å². The number of amides is 1. The van der Waals surface area contributed by atoms with Crippen molar-refractivity contribution in [1.29, 1.82) is 0 Å². The molecule has 5 nitrogen and oxygen atoms in total. The van der Waals surface area contributed by atoms with Gasteiger partial charge in [-0.3, -0.25) is 4.79 Å². The lowest BCUT2D eigenvalue weighted by Crippen LogP contribution is -2.31. The highest BCUT2D eigenvalue weighted by atomic mass is 32.2. The number of thioether (sulfide) groups is 1. The second kappa shape index (κ2) is 8.27. The Labute approximate surface area is 158 Å². The number of benzene rings is 1. The molecule has 2 saturated heterocycles. The SMILES string of the molecule is O=C1NCCCC[C@H]1Sc1ncc(-c2ccccc2)n1C[C@H]1CCCO1. The monoisotopic (exact) mass is 371 g/mol. The molecule has 1 aromatic carbocycles. The highest BCUT2D eigenvalue weighted by molar-refractivity contribution is 8.00. The normalized spacial score (nSPS) is 23.6. The molecule has 2 aromatic rings. The second-order valence-electron chi connectivity index (χ2n) is 6.93. The van der Waals surface area contributed by atoms with E-state index in [1.807, 2.05) is 24.4 Å². The fourth-order valence-corrected chi connectivity index (χ4v) is 4.75. The number of carbonyl (C=O) groups is 1. The summed E-state index contributed by atoms with van der Waals surface area (Å²) >= 11 is 1.60. The first-order valence-corrected chi connectivity index (χ1v) is 10.4. The van der Waals surface area contributed by atoms with Crippen LogP contribution in [0.2, 0.25) is 0 Å². The molecule has 2 atom stereocenters. The smallest absolute Gasteiger partial charge is 0.233 e. The maximum Gasteiger partial charge on any atom is 0.233 e. The summed E-state index contributed by atoms with van der Waals surface area (Å²) in [5.41, 5.74) is 2.24. The summed E-state index contributed by atoms with van der Waals surface area (Å²) in [4.78, 5) is 17.0. The van der Waals surface area contributed by atoms with Crippen molar-refractivity contribution in [2.24, 2.45) is 0 Å². The molecule has 2 aliphatic heterocycles. The summed E-state index contributed by atoms with van der Waals surface area (Å²) in [5, 5.41) is 3.88. The van der Waals surface area contributed by atoms with Gasteiger partial charge in [0.2, 0.25) is 5.91 Å². The fourth-order valence-electron chi connectivity index (χ4n) is 3.61. The predicted molar refractivity (Wildman–Crippen MR) is 103 cm³/mol. The standard InChI is InChI=1S/C20H25N3O2S/c24-19-18(10-4-5-11-21-19)26-20-22-13-17(15-7-2-1-3-8-15)23(20)14-16-9-6-12-25-16/h1-3,7-8,13,16,18H,4-6,9-12,14H2,(H,21,24)/t16-,18-/m1/s1. The number of hydrogen-bond donors (Lipinski definition) is 1. The van der Waals surface area contributed by atoms with Crippen LogP contribution in [0.1, 0.15) is 32.1 Å². The number of carbonyl (C=O) groups excluding carboxylic acids is 1. The minimum atomic E-state index is -0.0632. The predicted octanol–water partition coefficient (Wildman–Crippen LogP) is 3.49. The van der Waals surface area contributed by atoms with Crippen LogP contribution in [0.25, 0.3) is 11.3 Å². The van der Waals surface area contributed by atoms with Crippen molar-refractivity contribution in [3.05, 3.63) is 36.5 Å².